The Kier molecular flexibility index (Phi) is 9.02. The molecule has 0 heterocycles. The van der Waals surface area contributed by atoms with E-state index in [9.17, 15) is 4.79 Å². The van der Waals surface area contributed by atoms with Gasteiger partial charge in [-0.3, -0.25) is 10.2 Å². The molecular weight excluding hydrogens is 472 g/mol. The molecule has 0 radical (unpaired) electrons. The van der Waals surface area contributed by atoms with E-state index in [1.54, 1.807) is 25.5 Å². The Labute approximate surface area is 217 Å². The Morgan fingerprint density at radius 3 is 2.17 bits per heavy atom. The van der Waals surface area contributed by atoms with Gasteiger partial charge in [-0.2, -0.15) is 5.10 Å². The molecule has 3 rings (SSSR count). The van der Waals surface area contributed by atoms with Crippen LogP contribution >= 0.6 is 12.2 Å². The number of amides is 1. The first kappa shape index (κ1) is 26.7. The molecule has 0 saturated heterocycles. The van der Waals surface area contributed by atoms with Gasteiger partial charge < -0.3 is 20.1 Å². The van der Waals surface area contributed by atoms with Crippen molar-refractivity contribution < 1.29 is 14.3 Å². The second-order valence-corrected chi connectivity index (χ2v) is 9.02. The fourth-order valence-corrected chi connectivity index (χ4v) is 4.05. The second-order valence-electron chi connectivity index (χ2n) is 8.61. The molecule has 0 aliphatic heterocycles. The zero-order valence-corrected chi connectivity index (χ0v) is 22.3. The second kappa shape index (κ2) is 12.2. The highest BCUT2D eigenvalue weighted by Gasteiger charge is 2.11. The first-order chi connectivity index (χ1) is 17.2. The first-order valence-corrected chi connectivity index (χ1v) is 11.9. The van der Waals surface area contributed by atoms with E-state index in [2.05, 4.69) is 21.2 Å². The number of nitrogens with one attached hydrogen (secondary N) is 3. The number of benzene rings is 3. The fraction of sp³-hybridized carbons (Fsp3) is 0.250. The number of methoxy groups -OCH3 is 1. The van der Waals surface area contributed by atoms with E-state index in [0.717, 1.165) is 44.8 Å². The molecule has 0 unspecified atom stereocenters. The van der Waals surface area contributed by atoms with Crippen LogP contribution < -0.4 is 25.5 Å². The topological polar surface area (TPSA) is 84.0 Å². The summed E-state index contributed by atoms with van der Waals surface area (Å²) >= 11 is 5.35. The summed E-state index contributed by atoms with van der Waals surface area (Å²) in [5, 5.41) is 10.7. The van der Waals surface area contributed by atoms with Crippen LogP contribution in [0.4, 0.5) is 11.4 Å². The number of nitrogens with zero attached hydrogens (tertiary/aromatic N) is 1. The molecule has 3 aromatic carbocycles. The summed E-state index contributed by atoms with van der Waals surface area (Å²) in [4.78, 5) is 12.5. The molecule has 0 aliphatic rings. The molecule has 3 aromatic rings. The molecule has 0 atom stereocenters. The molecule has 7 nitrogen and oxygen atoms in total. The Morgan fingerprint density at radius 2 is 1.53 bits per heavy atom. The van der Waals surface area contributed by atoms with Gasteiger partial charge in [-0.15, -0.1) is 0 Å². The highest BCUT2D eigenvalue weighted by Crippen LogP contribution is 2.28. The van der Waals surface area contributed by atoms with E-state index in [-0.39, 0.29) is 12.5 Å². The maximum Gasteiger partial charge on any atom is 0.262 e. The SMILES string of the molecule is COc1cc(C=NNC(=S)Nc2c(C)cccc2C)ccc1OCC(=O)Nc1c(C)cc(C)cc1C. The van der Waals surface area contributed by atoms with Gasteiger partial charge in [-0.25, -0.2) is 0 Å². The summed E-state index contributed by atoms with van der Waals surface area (Å²) in [6.45, 7) is 9.87. The smallest absolute Gasteiger partial charge is 0.262 e. The predicted octanol–water partition coefficient (Wildman–Crippen LogP) is 5.58. The number of hydrazone groups is 1. The van der Waals surface area contributed by atoms with Gasteiger partial charge in [0.15, 0.2) is 23.2 Å². The number of rotatable bonds is 8. The average molecular weight is 505 g/mol. The number of para-hydroxylation sites is 1. The van der Waals surface area contributed by atoms with Gasteiger partial charge in [0, 0.05) is 11.4 Å². The third kappa shape index (κ3) is 7.05. The fourth-order valence-electron chi connectivity index (χ4n) is 3.90. The quantitative estimate of drug-likeness (QED) is 0.211. The molecule has 3 N–H and O–H groups in total. The molecule has 0 fully saturated rings. The van der Waals surface area contributed by atoms with E-state index in [1.165, 1.54) is 0 Å². The van der Waals surface area contributed by atoms with Crippen molar-refractivity contribution in [3.8, 4) is 11.5 Å². The van der Waals surface area contributed by atoms with E-state index >= 15 is 0 Å². The maximum atomic E-state index is 12.5. The highest BCUT2D eigenvalue weighted by atomic mass is 32.1. The van der Waals surface area contributed by atoms with Crippen molar-refractivity contribution in [2.45, 2.75) is 34.6 Å². The number of carbonyl (C=O) groups is 1. The lowest BCUT2D eigenvalue weighted by atomic mass is 10.1. The van der Waals surface area contributed by atoms with Gasteiger partial charge in [0.25, 0.3) is 5.91 Å². The minimum Gasteiger partial charge on any atom is -0.493 e. The van der Waals surface area contributed by atoms with Crippen molar-refractivity contribution in [1.29, 1.82) is 0 Å². The Balaban J connectivity index is 1.57. The molecule has 0 saturated carbocycles. The number of carbonyl (C=O) groups excluding carboxylic acids is 1. The third-order valence-electron chi connectivity index (χ3n) is 5.59. The molecule has 0 aliphatic carbocycles. The lowest BCUT2D eigenvalue weighted by Crippen LogP contribution is -2.24. The van der Waals surface area contributed by atoms with Crippen LogP contribution in [0.15, 0.2) is 53.6 Å². The summed E-state index contributed by atoms with van der Waals surface area (Å²) in [6, 6.07) is 15.4. The van der Waals surface area contributed by atoms with Gasteiger partial charge in [-0.1, -0.05) is 35.9 Å². The third-order valence-corrected chi connectivity index (χ3v) is 5.78. The van der Waals surface area contributed by atoms with Crippen molar-refractivity contribution in [1.82, 2.24) is 5.43 Å². The average Bonchev–Trinajstić information content (AvgIpc) is 2.82. The molecule has 36 heavy (non-hydrogen) atoms. The van der Waals surface area contributed by atoms with Crippen LogP contribution in [-0.2, 0) is 4.79 Å². The van der Waals surface area contributed by atoms with E-state index in [1.807, 2.05) is 71.0 Å². The lowest BCUT2D eigenvalue weighted by molar-refractivity contribution is -0.118. The van der Waals surface area contributed by atoms with Gasteiger partial charge in [0.1, 0.15) is 0 Å². The van der Waals surface area contributed by atoms with Crippen molar-refractivity contribution in [2.75, 3.05) is 24.4 Å². The van der Waals surface area contributed by atoms with Crippen molar-refractivity contribution in [2.24, 2.45) is 5.10 Å². The van der Waals surface area contributed by atoms with Gasteiger partial charge in [0.05, 0.1) is 13.3 Å². The van der Waals surface area contributed by atoms with Crippen LogP contribution in [0, 0.1) is 34.6 Å². The van der Waals surface area contributed by atoms with E-state index in [4.69, 9.17) is 21.7 Å². The number of ether oxygens (including phenoxy) is 2. The number of aryl methyl sites for hydroxylation is 5. The van der Waals surface area contributed by atoms with Gasteiger partial charge >= 0.3 is 0 Å². The van der Waals surface area contributed by atoms with Gasteiger partial charge in [-0.05, 0) is 92.9 Å². The zero-order chi connectivity index (χ0) is 26.2. The monoisotopic (exact) mass is 504 g/mol. The Bertz CT molecular complexity index is 1260. The highest BCUT2D eigenvalue weighted by molar-refractivity contribution is 7.80. The maximum absolute atomic E-state index is 12.5. The largest absolute Gasteiger partial charge is 0.493 e. The van der Waals surface area contributed by atoms with E-state index < -0.39 is 0 Å². The summed E-state index contributed by atoms with van der Waals surface area (Å²) < 4.78 is 11.2. The predicted molar refractivity (Wildman–Crippen MR) is 151 cm³/mol. The molecule has 0 bridgehead atoms. The van der Waals surface area contributed by atoms with Crippen molar-refractivity contribution in [3.63, 3.8) is 0 Å². The number of hydrogen-bond donors (Lipinski definition) is 3. The number of anilines is 2. The van der Waals surface area contributed by atoms with Crippen LogP contribution in [0.5, 0.6) is 11.5 Å². The van der Waals surface area contributed by atoms with Crippen molar-refractivity contribution in [3.05, 3.63) is 81.9 Å². The zero-order valence-electron chi connectivity index (χ0n) is 21.5. The summed E-state index contributed by atoms with van der Waals surface area (Å²) in [7, 11) is 1.55. The Morgan fingerprint density at radius 1 is 0.889 bits per heavy atom. The standard InChI is InChI=1S/C28H32N4O3S/c1-17-12-20(4)27(21(5)13-17)30-25(33)16-35-23-11-10-22(14-24(23)34-6)15-29-32-28(36)31-26-18(2)8-7-9-19(26)3/h7-15H,16H2,1-6H3,(H,30,33)(H2,31,32,36). The molecule has 8 heteroatoms. The van der Waals surface area contributed by atoms with Crippen LogP contribution in [0.2, 0.25) is 0 Å². The van der Waals surface area contributed by atoms with Crippen LogP contribution in [0.3, 0.4) is 0 Å². The minimum absolute atomic E-state index is 0.142. The normalized spacial score (nSPS) is 10.7. The lowest BCUT2D eigenvalue weighted by Gasteiger charge is -2.14. The number of thiocarbonyl (C=S) groups is 1. The molecular formula is C28H32N4O3S. The molecule has 1 amide bonds. The van der Waals surface area contributed by atoms with Crippen LogP contribution in [-0.4, -0.2) is 31.0 Å². The molecule has 0 aromatic heterocycles. The molecule has 188 valence electrons. The number of hydrogen-bond acceptors (Lipinski definition) is 5. The van der Waals surface area contributed by atoms with Gasteiger partial charge in [0.2, 0.25) is 0 Å². The minimum atomic E-state index is -0.244. The Hall–Kier alpha value is -3.91. The molecule has 0 spiro atoms. The van der Waals surface area contributed by atoms with Crippen molar-refractivity contribution >= 4 is 40.8 Å². The summed E-state index contributed by atoms with van der Waals surface area (Å²) in [6.07, 6.45) is 1.63. The summed E-state index contributed by atoms with van der Waals surface area (Å²) in [5.74, 6) is 0.708. The van der Waals surface area contributed by atoms with Crippen LogP contribution in [0.1, 0.15) is 33.4 Å². The van der Waals surface area contributed by atoms with Crippen LogP contribution in [0.25, 0.3) is 0 Å². The van der Waals surface area contributed by atoms with E-state index in [0.29, 0.717) is 16.6 Å². The summed E-state index contributed by atoms with van der Waals surface area (Å²) in [5.41, 5.74) is 10.8. The first-order valence-electron chi connectivity index (χ1n) is 11.5.